The van der Waals surface area contributed by atoms with E-state index < -0.39 is 12.1 Å². The molecule has 0 spiro atoms. The number of rotatable bonds is 61. The fraction of sp³-hybridized carbons (Fsp3) is 0.826. The van der Waals surface area contributed by atoms with Gasteiger partial charge in [-0.3, -0.25) is 9.59 Å². The van der Waals surface area contributed by atoms with Gasteiger partial charge >= 0.3 is 5.97 Å². The molecule has 6 nitrogen and oxygen atoms in total. The third-order valence-corrected chi connectivity index (χ3v) is 15.0. The second-order valence-electron chi connectivity index (χ2n) is 22.4. The summed E-state index contributed by atoms with van der Waals surface area (Å²) in [6.07, 6.45) is 84.2. The first-order valence-corrected chi connectivity index (χ1v) is 33.1. The molecule has 0 aliphatic rings. The number of aliphatic hydroxyl groups excluding tert-OH is 2. The molecule has 0 radical (unpaired) electrons. The lowest BCUT2D eigenvalue weighted by atomic mass is 10.0. The number of ether oxygens (including phenoxy) is 1. The predicted molar refractivity (Wildman–Crippen MR) is 328 cm³/mol. The van der Waals surface area contributed by atoms with Crippen LogP contribution in [0.25, 0.3) is 0 Å². The van der Waals surface area contributed by atoms with E-state index in [1.54, 1.807) is 6.08 Å². The Morgan fingerprint density at radius 3 is 1.07 bits per heavy atom. The van der Waals surface area contributed by atoms with Gasteiger partial charge in [-0.25, -0.2) is 0 Å². The highest BCUT2D eigenvalue weighted by atomic mass is 16.5. The monoisotopic (exact) mass is 1050 g/mol. The van der Waals surface area contributed by atoms with Crippen molar-refractivity contribution in [3.05, 3.63) is 60.8 Å². The fourth-order valence-corrected chi connectivity index (χ4v) is 9.94. The first-order chi connectivity index (χ1) is 37.0. The smallest absolute Gasteiger partial charge is 0.305 e. The molecule has 0 aromatic heterocycles. The fourth-order valence-electron chi connectivity index (χ4n) is 9.94. The summed E-state index contributed by atoms with van der Waals surface area (Å²) < 4.78 is 5.46. The van der Waals surface area contributed by atoms with Crippen molar-refractivity contribution in [3.63, 3.8) is 0 Å². The highest BCUT2D eigenvalue weighted by molar-refractivity contribution is 5.76. The molecule has 0 aliphatic carbocycles. The SMILES string of the molecule is CCC/C=C\C/C=C\CCCCCCCC(=O)OCCCCCCCCCCC/C=C\C/C=C\CCCCCCCCCC(=O)NC(CO)C(O)/C=C/CCCCCCCCCCCCCCCCCCCCCC. The Bertz CT molecular complexity index is 1300. The lowest BCUT2D eigenvalue weighted by Gasteiger charge is -2.20. The number of carbonyl (C=O) groups is 2. The molecular weight excluding hydrogens is 923 g/mol. The number of allylic oxidation sites excluding steroid dienone is 9. The average molecular weight is 1050 g/mol. The third kappa shape index (κ3) is 60.6. The summed E-state index contributed by atoms with van der Waals surface area (Å²) in [4.78, 5) is 24.5. The zero-order chi connectivity index (χ0) is 54.3. The van der Waals surface area contributed by atoms with Crippen LogP contribution in [0.2, 0.25) is 0 Å². The van der Waals surface area contributed by atoms with Crippen LogP contribution in [-0.2, 0) is 14.3 Å². The summed E-state index contributed by atoms with van der Waals surface area (Å²) in [7, 11) is 0. The second-order valence-corrected chi connectivity index (χ2v) is 22.4. The molecule has 2 atom stereocenters. The van der Waals surface area contributed by atoms with Gasteiger partial charge in [0.05, 0.1) is 25.4 Å². The van der Waals surface area contributed by atoms with Gasteiger partial charge in [0.25, 0.3) is 0 Å². The maximum atomic E-state index is 12.5. The molecule has 6 heteroatoms. The standard InChI is InChI=1S/C69H127NO5/c1-3-5-7-9-11-13-15-17-18-19-20-21-25-28-31-34-38-41-45-49-53-57-61-67(72)66(65-71)70-68(73)62-58-54-50-46-42-39-35-32-29-26-23-22-24-27-30-33-36-40-44-48-52-56-60-64-75-69(74)63-59-55-51-47-43-37-16-14-12-10-8-6-4-2/h8,10,14,16,22,24,26,29,57,61,66-67,71-72H,3-7,9,11-13,15,17-21,23,25,27-28,30-56,58-60,62-65H2,1-2H3,(H,70,73)/b10-8-,16-14-,24-22-,29-26-,61-57+. The van der Waals surface area contributed by atoms with Crippen molar-refractivity contribution in [1.29, 1.82) is 0 Å². The number of esters is 1. The van der Waals surface area contributed by atoms with Crippen LogP contribution in [0.15, 0.2) is 60.8 Å². The maximum absolute atomic E-state index is 12.5. The van der Waals surface area contributed by atoms with Crippen LogP contribution >= 0.6 is 0 Å². The lowest BCUT2D eigenvalue weighted by molar-refractivity contribution is -0.143. The summed E-state index contributed by atoms with van der Waals surface area (Å²) in [6, 6.07) is -0.638. The minimum Gasteiger partial charge on any atom is -0.466 e. The number of nitrogens with one attached hydrogen (secondary N) is 1. The summed E-state index contributed by atoms with van der Waals surface area (Å²) >= 11 is 0. The minimum atomic E-state index is -0.854. The van der Waals surface area contributed by atoms with Gasteiger partial charge in [-0.15, -0.1) is 0 Å². The normalized spacial score (nSPS) is 13.0. The van der Waals surface area contributed by atoms with Gasteiger partial charge in [0.1, 0.15) is 0 Å². The molecule has 0 fully saturated rings. The zero-order valence-corrected chi connectivity index (χ0v) is 50.0. The molecule has 75 heavy (non-hydrogen) atoms. The molecular formula is C69H127NO5. The molecule has 0 saturated heterocycles. The van der Waals surface area contributed by atoms with E-state index in [4.69, 9.17) is 4.74 Å². The number of hydrogen-bond donors (Lipinski definition) is 3. The molecule has 0 saturated carbocycles. The van der Waals surface area contributed by atoms with E-state index in [-0.39, 0.29) is 18.5 Å². The van der Waals surface area contributed by atoms with E-state index in [9.17, 15) is 19.8 Å². The largest absolute Gasteiger partial charge is 0.466 e. The third-order valence-electron chi connectivity index (χ3n) is 15.0. The van der Waals surface area contributed by atoms with Crippen LogP contribution < -0.4 is 5.32 Å². The molecule has 0 heterocycles. The number of aliphatic hydroxyl groups is 2. The molecule has 0 bridgehead atoms. The van der Waals surface area contributed by atoms with Crippen LogP contribution in [0.5, 0.6) is 0 Å². The van der Waals surface area contributed by atoms with Crippen molar-refractivity contribution in [2.45, 2.75) is 353 Å². The Kier molecular flexibility index (Phi) is 62.0. The summed E-state index contributed by atoms with van der Waals surface area (Å²) in [5.74, 6) is -0.0857. The number of unbranched alkanes of at least 4 members (excludes halogenated alkanes) is 42. The summed E-state index contributed by atoms with van der Waals surface area (Å²) in [5.41, 5.74) is 0. The van der Waals surface area contributed by atoms with Gasteiger partial charge in [-0.2, -0.15) is 0 Å². The minimum absolute atomic E-state index is 0.00918. The molecule has 0 aromatic carbocycles. The van der Waals surface area contributed by atoms with E-state index >= 15 is 0 Å². The van der Waals surface area contributed by atoms with Gasteiger partial charge in [0, 0.05) is 12.8 Å². The van der Waals surface area contributed by atoms with E-state index in [0.717, 1.165) is 70.6 Å². The molecule has 3 N–H and O–H groups in total. The number of amides is 1. The van der Waals surface area contributed by atoms with Gasteiger partial charge in [-0.05, 0) is 89.9 Å². The quantitative estimate of drug-likeness (QED) is 0.0320. The Morgan fingerprint density at radius 1 is 0.373 bits per heavy atom. The first-order valence-electron chi connectivity index (χ1n) is 33.1. The number of carbonyl (C=O) groups excluding carboxylic acids is 2. The van der Waals surface area contributed by atoms with Crippen molar-refractivity contribution in [2.75, 3.05) is 13.2 Å². The Labute approximate surface area is 467 Å². The molecule has 2 unspecified atom stereocenters. The predicted octanol–water partition coefficient (Wildman–Crippen LogP) is 21.1. The summed E-state index contributed by atoms with van der Waals surface area (Å²) in [6.45, 7) is 4.84. The van der Waals surface area contributed by atoms with E-state index in [2.05, 4.69) is 67.8 Å². The van der Waals surface area contributed by atoms with Crippen LogP contribution in [-0.4, -0.2) is 47.4 Å². The Hall–Kier alpha value is -2.44. The molecule has 0 rings (SSSR count). The van der Waals surface area contributed by atoms with Crippen molar-refractivity contribution < 1.29 is 24.5 Å². The van der Waals surface area contributed by atoms with Crippen molar-refractivity contribution in [1.82, 2.24) is 5.32 Å². The zero-order valence-electron chi connectivity index (χ0n) is 50.0. The van der Waals surface area contributed by atoms with E-state index in [1.165, 1.54) is 244 Å². The van der Waals surface area contributed by atoms with Gasteiger partial charge in [0.2, 0.25) is 5.91 Å². The topological polar surface area (TPSA) is 95.9 Å². The van der Waals surface area contributed by atoms with Gasteiger partial charge in [0.15, 0.2) is 0 Å². The molecule has 438 valence electrons. The Balaban J connectivity index is 3.49. The number of hydrogen-bond acceptors (Lipinski definition) is 5. The lowest BCUT2D eigenvalue weighted by Crippen LogP contribution is -2.45. The van der Waals surface area contributed by atoms with Crippen LogP contribution in [0, 0.1) is 0 Å². The van der Waals surface area contributed by atoms with Crippen LogP contribution in [0.1, 0.15) is 341 Å². The highest BCUT2D eigenvalue weighted by Crippen LogP contribution is 2.17. The van der Waals surface area contributed by atoms with Crippen LogP contribution in [0.3, 0.4) is 0 Å². The first kappa shape index (κ1) is 72.6. The van der Waals surface area contributed by atoms with Gasteiger partial charge < -0.3 is 20.3 Å². The van der Waals surface area contributed by atoms with Crippen molar-refractivity contribution in [2.24, 2.45) is 0 Å². The van der Waals surface area contributed by atoms with Crippen LogP contribution in [0.4, 0.5) is 0 Å². The Morgan fingerprint density at radius 2 is 0.693 bits per heavy atom. The molecule has 0 aromatic rings. The molecule has 0 aliphatic heterocycles. The van der Waals surface area contributed by atoms with Crippen molar-refractivity contribution in [3.8, 4) is 0 Å². The van der Waals surface area contributed by atoms with Gasteiger partial charge in [-0.1, -0.05) is 299 Å². The van der Waals surface area contributed by atoms with Crippen molar-refractivity contribution >= 4 is 11.9 Å². The summed E-state index contributed by atoms with van der Waals surface area (Å²) in [5, 5.41) is 23.2. The highest BCUT2D eigenvalue weighted by Gasteiger charge is 2.18. The molecule has 1 amide bonds. The second kappa shape index (κ2) is 64.1. The maximum Gasteiger partial charge on any atom is 0.305 e. The van der Waals surface area contributed by atoms with E-state index in [0.29, 0.717) is 19.4 Å². The average Bonchev–Trinajstić information content (AvgIpc) is 3.41. The van der Waals surface area contributed by atoms with E-state index in [1.807, 2.05) is 6.08 Å².